The maximum atomic E-state index is 10.3. The molecule has 0 aromatic heterocycles. The summed E-state index contributed by atoms with van der Waals surface area (Å²) in [7, 11) is 0. The Morgan fingerprint density at radius 2 is 1.83 bits per heavy atom. The first kappa shape index (κ1) is 8.41. The van der Waals surface area contributed by atoms with Gasteiger partial charge < -0.3 is 5.53 Å². The highest BCUT2D eigenvalue weighted by Crippen LogP contribution is 2.15. The van der Waals surface area contributed by atoms with E-state index in [-0.39, 0.29) is 0 Å². The van der Waals surface area contributed by atoms with Gasteiger partial charge in [0.05, 0.1) is 5.57 Å². The van der Waals surface area contributed by atoms with Crippen molar-refractivity contribution < 1.29 is 9.58 Å². The normalized spacial score (nSPS) is 16.2. The SMILES string of the molecule is CC1=CC(=C=O)C=C(C)C1=[N+]=[N-]. The van der Waals surface area contributed by atoms with Gasteiger partial charge in [0.25, 0.3) is 0 Å². The molecule has 3 nitrogen and oxygen atoms in total. The van der Waals surface area contributed by atoms with Crippen molar-refractivity contribution >= 4 is 11.7 Å². The number of hydrogen-bond acceptors (Lipinski definition) is 1. The Bertz CT molecular complexity index is 351. The van der Waals surface area contributed by atoms with E-state index in [1.54, 1.807) is 31.9 Å². The summed E-state index contributed by atoms with van der Waals surface area (Å²) in [5, 5.41) is 0. The van der Waals surface area contributed by atoms with Crippen molar-refractivity contribution in [1.29, 1.82) is 0 Å². The second-order valence-electron chi connectivity index (χ2n) is 2.66. The van der Waals surface area contributed by atoms with Crippen LogP contribution in [0.25, 0.3) is 5.53 Å². The zero-order valence-electron chi connectivity index (χ0n) is 6.96. The van der Waals surface area contributed by atoms with Gasteiger partial charge in [-0.1, -0.05) is 0 Å². The second kappa shape index (κ2) is 3.14. The first-order valence-electron chi connectivity index (χ1n) is 3.53. The lowest BCUT2D eigenvalue weighted by Crippen LogP contribution is -2.08. The van der Waals surface area contributed by atoms with E-state index in [1.165, 1.54) is 0 Å². The average molecular weight is 160 g/mol. The molecule has 12 heavy (non-hydrogen) atoms. The molecule has 0 amide bonds. The van der Waals surface area contributed by atoms with Crippen molar-refractivity contribution in [2.24, 2.45) is 0 Å². The molecule has 0 atom stereocenters. The van der Waals surface area contributed by atoms with E-state index in [0.717, 1.165) is 11.1 Å². The predicted octanol–water partition coefficient (Wildman–Crippen LogP) is 1.32. The van der Waals surface area contributed by atoms with Crippen molar-refractivity contribution in [3.05, 3.63) is 34.4 Å². The van der Waals surface area contributed by atoms with Crippen LogP contribution in [0.2, 0.25) is 0 Å². The van der Waals surface area contributed by atoms with E-state index in [0.29, 0.717) is 11.3 Å². The van der Waals surface area contributed by atoms with Gasteiger partial charge >= 0.3 is 5.71 Å². The second-order valence-corrected chi connectivity index (χ2v) is 2.66. The fraction of sp³-hybridized carbons (Fsp3) is 0.222. The number of hydrogen-bond donors (Lipinski definition) is 0. The molecule has 60 valence electrons. The smallest absolute Gasteiger partial charge is 0.321 e. The molecular formula is C9H8N2O. The summed E-state index contributed by atoms with van der Waals surface area (Å²) in [6.07, 6.45) is 3.27. The fourth-order valence-electron chi connectivity index (χ4n) is 1.17. The van der Waals surface area contributed by atoms with Crippen molar-refractivity contribution in [2.45, 2.75) is 13.8 Å². The molecule has 0 radical (unpaired) electrons. The zero-order valence-corrected chi connectivity index (χ0v) is 6.96. The van der Waals surface area contributed by atoms with Gasteiger partial charge in [0, 0.05) is 11.1 Å². The molecule has 0 bridgehead atoms. The third-order valence-corrected chi connectivity index (χ3v) is 1.71. The molecule has 0 saturated heterocycles. The first-order chi connectivity index (χ1) is 5.69. The lowest BCUT2D eigenvalue weighted by Gasteiger charge is -2.02. The largest absolute Gasteiger partial charge is 0.361 e. The van der Waals surface area contributed by atoms with Crippen molar-refractivity contribution in [2.75, 3.05) is 0 Å². The summed E-state index contributed by atoms with van der Waals surface area (Å²) >= 11 is 0. The Labute approximate surface area is 70.3 Å². The topological polar surface area (TPSA) is 53.5 Å². The summed E-state index contributed by atoms with van der Waals surface area (Å²) < 4.78 is 0. The minimum absolute atomic E-state index is 0.484. The van der Waals surface area contributed by atoms with Gasteiger partial charge in [0.2, 0.25) is 0 Å². The number of rotatable bonds is 0. The molecule has 3 heteroatoms. The maximum absolute atomic E-state index is 10.3. The van der Waals surface area contributed by atoms with Gasteiger partial charge in [-0.05, 0) is 26.0 Å². The molecule has 0 heterocycles. The lowest BCUT2D eigenvalue weighted by atomic mass is 9.96. The van der Waals surface area contributed by atoms with Crippen LogP contribution in [0.1, 0.15) is 13.8 Å². The molecular weight excluding hydrogens is 152 g/mol. The van der Waals surface area contributed by atoms with Crippen LogP contribution in [-0.4, -0.2) is 16.4 Å². The highest BCUT2D eigenvalue weighted by Gasteiger charge is 2.18. The zero-order chi connectivity index (χ0) is 9.14. The van der Waals surface area contributed by atoms with E-state index in [4.69, 9.17) is 5.53 Å². The summed E-state index contributed by atoms with van der Waals surface area (Å²) in [6.45, 7) is 3.56. The molecule has 0 unspecified atom stereocenters. The van der Waals surface area contributed by atoms with Crippen molar-refractivity contribution in [3.8, 4) is 0 Å². The van der Waals surface area contributed by atoms with Crippen molar-refractivity contribution in [1.82, 2.24) is 0 Å². The third kappa shape index (κ3) is 1.32. The van der Waals surface area contributed by atoms with Crippen LogP contribution in [0, 0.1) is 0 Å². The minimum Gasteiger partial charge on any atom is -0.361 e. The van der Waals surface area contributed by atoms with Crippen LogP contribution in [0.5, 0.6) is 0 Å². The van der Waals surface area contributed by atoms with Gasteiger partial charge in [-0.2, -0.15) is 4.79 Å². The van der Waals surface area contributed by atoms with Crippen molar-refractivity contribution in [3.63, 3.8) is 0 Å². The first-order valence-corrected chi connectivity index (χ1v) is 3.53. The monoisotopic (exact) mass is 160 g/mol. The van der Waals surface area contributed by atoms with E-state index in [1.807, 2.05) is 0 Å². The van der Waals surface area contributed by atoms with Crippen LogP contribution in [0.15, 0.2) is 28.9 Å². The van der Waals surface area contributed by atoms with Crippen LogP contribution >= 0.6 is 0 Å². The lowest BCUT2D eigenvalue weighted by molar-refractivity contribution is -0.00355. The Hall–Kier alpha value is -1.69. The molecule has 0 saturated carbocycles. The molecule has 1 rings (SSSR count). The Morgan fingerprint density at radius 1 is 1.33 bits per heavy atom. The standard InChI is InChI=1S/C9H8N2O/c1-6-3-8(5-12)4-7(2)9(6)11-10/h3-4H,1-2H3. The van der Waals surface area contributed by atoms with Gasteiger partial charge in [0.15, 0.2) is 0 Å². The van der Waals surface area contributed by atoms with Crippen LogP contribution in [0.3, 0.4) is 0 Å². The fourth-order valence-corrected chi connectivity index (χ4v) is 1.17. The quantitative estimate of drug-likeness (QED) is 0.299. The Morgan fingerprint density at radius 3 is 2.17 bits per heavy atom. The number of carbonyl (C=O) groups excluding carboxylic acids is 1. The molecule has 0 aromatic carbocycles. The molecule has 0 aliphatic heterocycles. The van der Waals surface area contributed by atoms with Gasteiger partial charge in [-0.15, -0.1) is 0 Å². The van der Waals surface area contributed by atoms with Gasteiger partial charge in [0.1, 0.15) is 5.94 Å². The summed E-state index contributed by atoms with van der Waals surface area (Å²) in [4.78, 5) is 13.4. The van der Waals surface area contributed by atoms with Crippen LogP contribution in [0.4, 0.5) is 0 Å². The van der Waals surface area contributed by atoms with Crippen LogP contribution in [-0.2, 0) is 4.79 Å². The predicted molar refractivity (Wildman–Crippen MR) is 45.3 cm³/mol. The van der Waals surface area contributed by atoms with E-state index < -0.39 is 0 Å². The average Bonchev–Trinajstić information content (AvgIpc) is 2.03. The van der Waals surface area contributed by atoms with Crippen LogP contribution < -0.4 is 0 Å². The molecule has 0 aromatic rings. The Balaban J connectivity index is 3.30. The highest BCUT2D eigenvalue weighted by molar-refractivity contribution is 6.10. The van der Waals surface area contributed by atoms with E-state index in [2.05, 4.69) is 4.79 Å². The molecule has 1 aliphatic carbocycles. The number of allylic oxidation sites excluding steroid dienone is 5. The molecule has 0 spiro atoms. The molecule has 0 N–H and O–H groups in total. The summed E-state index contributed by atoms with van der Waals surface area (Å²) in [5.74, 6) is 1.79. The number of nitrogens with zero attached hydrogens (tertiary/aromatic N) is 2. The maximum Gasteiger partial charge on any atom is 0.321 e. The van der Waals surface area contributed by atoms with E-state index in [9.17, 15) is 4.79 Å². The third-order valence-electron chi connectivity index (χ3n) is 1.71. The summed E-state index contributed by atoms with van der Waals surface area (Å²) in [6, 6.07) is 0. The summed E-state index contributed by atoms with van der Waals surface area (Å²) in [5.41, 5.74) is 11.1. The Kier molecular flexibility index (Phi) is 2.20. The minimum atomic E-state index is 0.484. The highest BCUT2D eigenvalue weighted by atomic mass is 16.1. The molecule has 1 aliphatic rings. The van der Waals surface area contributed by atoms with Gasteiger partial charge in [-0.3, -0.25) is 0 Å². The molecule has 0 fully saturated rings. The van der Waals surface area contributed by atoms with Gasteiger partial charge in [-0.25, -0.2) is 4.79 Å². The van der Waals surface area contributed by atoms with E-state index >= 15 is 0 Å².